The molecule has 160 valence electrons. The minimum Gasteiger partial charge on any atom is -0.439 e. The summed E-state index contributed by atoms with van der Waals surface area (Å²) >= 11 is 0. The SMILES string of the molecule is Nc1nccc(Oc2ccc3c(c2)CCCN3C(=O)Nc2cccc(C(F)(F)F)c2)n1. The number of carbonyl (C=O) groups excluding carboxylic acids is 1. The van der Waals surface area contributed by atoms with Gasteiger partial charge in [-0.2, -0.15) is 18.2 Å². The zero-order valence-corrected chi connectivity index (χ0v) is 16.2. The Balaban J connectivity index is 1.52. The molecule has 0 spiro atoms. The zero-order chi connectivity index (χ0) is 22.0. The predicted molar refractivity (Wildman–Crippen MR) is 109 cm³/mol. The van der Waals surface area contributed by atoms with Crippen LogP contribution in [-0.4, -0.2) is 22.5 Å². The lowest BCUT2D eigenvalue weighted by atomic mass is 10.0. The molecule has 1 aliphatic rings. The van der Waals surface area contributed by atoms with E-state index in [2.05, 4.69) is 15.3 Å². The number of nitrogen functional groups attached to an aromatic ring is 1. The van der Waals surface area contributed by atoms with E-state index in [1.807, 2.05) is 0 Å². The highest BCUT2D eigenvalue weighted by Gasteiger charge is 2.31. The lowest BCUT2D eigenvalue weighted by Crippen LogP contribution is -2.38. The molecular weight excluding hydrogens is 411 g/mol. The average molecular weight is 429 g/mol. The van der Waals surface area contributed by atoms with Gasteiger partial charge in [-0.1, -0.05) is 6.07 Å². The van der Waals surface area contributed by atoms with E-state index in [-0.39, 0.29) is 11.6 Å². The van der Waals surface area contributed by atoms with Crippen LogP contribution in [0.1, 0.15) is 17.5 Å². The van der Waals surface area contributed by atoms with Crippen molar-refractivity contribution in [2.75, 3.05) is 22.5 Å². The average Bonchev–Trinajstić information content (AvgIpc) is 2.73. The first kappa shape index (κ1) is 20.5. The second-order valence-corrected chi connectivity index (χ2v) is 6.91. The third kappa shape index (κ3) is 4.68. The van der Waals surface area contributed by atoms with Crippen molar-refractivity contribution in [3.8, 4) is 11.6 Å². The molecule has 0 bridgehead atoms. The number of nitrogens with two attached hydrogens (primary N) is 1. The fourth-order valence-corrected chi connectivity index (χ4v) is 3.35. The molecule has 0 saturated heterocycles. The Labute approximate surface area is 175 Å². The molecule has 0 aliphatic carbocycles. The number of benzene rings is 2. The predicted octanol–water partition coefficient (Wildman–Crippen LogP) is 4.85. The topological polar surface area (TPSA) is 93.4 Å². The highest BCUT2D eigenvalue weighted by molar-refractivity contribution is 6.02. The molecule has 0 atom stereocenters. The molecular formula is C21H18F3N5O2. The van der Waals surface area contributed by atoms with Crippen molar-refractivity contribution in [3.05, 3.63) is 65.9 Å². The van der Waals surface area contributed by atoms with Crippen LogP contribution in [-0.2, 0) is 12.6 Å². The van der Waals surface area contributed by atoms with E-state index >= 15 is 0 Å². The van der Waals surface area contributed by atoms with Gasteiger partial charge in [0.1, 0.15) is 5.75 Å². The number of hydrogen-bond donors (Lipinski definition) is 2. The molecule has 1 aromatic heterocycles. The van der Waals surface area contributed by atoms with Gasteiger partial charge < -0.3 is 15.8 Å². The van der Waals surface area contributed by atoms with E-state index < -0.39 is 17.8 Å². The Morgan fingerprint density at radius 3 is 2.77 bits per heavy atom. The lowest BCUT2D eigenvalue weighted by Gasteiger charge is -2.30. The molecule has 1 aliphatic heterocycles. The minimum atomic E-state index is -4.48. The number of nitrogens with one attached hydrogen (secondary N) is 1. The van der Waals surface area contributed by atoms with Crippen molar-refractivity contribution in [2.24, 2.45) is 0 Å². The van der Waals surface area contributed by atoms with Gasteiger partial charge in [-0.15, -0.1) is 0 Å². The highest BCUT2D eigenvalue weighted by atomic mass is 19.4. The van der Waals surface area contributed by atoms with Gasteiger partial charge in [0.05, 0.1) is 5.56 Å². The first-order valence-corrected chi connectivity index (χ1v) is 9.45. The zero-order valence-electron chi connectivity index (χ0n) is 16.2. The Bertz CT molecular complexity index is 1120. The molecule has 3 aromatic rings. The molecule has 0 unspecified atom stereocenters. The molecule has 4 rings (SSSR count). The highest BCUT2D eigenvalue weighted by Crippen LogP contribution is 2.33. The summed E-state index contributed by atoms with van der Waals surface area (Å²) in [5, 5.41) is 2.55. The van der Waals surface area contributed by atoms with Crippen LogP contribution < -0.4 is 20.7 Å². The van der Waals surface area contributed by atoms with Gasteiger partial charge in [0, 0.05) is 30.2 Å². The number of amides is 2. The van der Waals surface area contributed by atoms with Crippen molar-refractivity contribution in [2.45, 2.75) is 19.0 Å². The Morgan fingerprint density at radius 1 is 1.16 bits per heavy atom. The van der Waals surface area contributed by atoms with Crippen molar-refractivity contribution < 1.29 is 22.7 Å². The van der Waals surface area contributed by atoms with Gasteiger partial charge in [-0.25, -0.2) is 9.78 Å². The Hall–Kier alpha value is -3.82. The van der Waals surface area contributed by atoms with Crippen LogP contribution >= 0.6 is 0 Å². The quantitative estimate of drug-likeness (QED) is 0.621. The smallest absolute Gasteiger partial charge is 0.416 e. The first-order valence-electron chi connectivity index (χ1n) is 9.45. The van der Waals surface area contributed by atoms with Crippen molar-refractivity contribution in [1.29, 1.82) is 0 Å². The van der Waals surface area contributed by atoms with Crippen LogP contribution in [0.15, 0.2) is 54.7 Å². The van der Waals surface area contributed by atoms with Gasteiger partial charge in [0.15, 0.2) is 0 Å². The molecule has 7 nitrogen and oxygen atoms in total. The van der Waals surface area contributed by atoms with E-state index in [9.17, 15) is 18.0 Å². The number of nitrogens with zero attached hydrogens (tertiary/aromatic N) is 3. The molecule has 0 fully saturated rings. The summed E-state index contributed by atoms with van der Waals surface area (Å²) in [7, 11) is 0. The number of aryl methyl sites for hydroxylation is 1. The number of aromatic nitrogens is 2. The number of carbonyl (C=O) groups is 1. The summed E-state index contributed by atoms with van der Waals surface area (Å²) in [6.45, 7) is 0.445. The van der Waals surface area contributed by atoms with E-state index in [1.54, 1.807) is 24.3 Å². The van der Waals surface area contributed by atoms with E-state index in [0.717, 1.165) is 24.1 Å². The maximum absolute atomic E-state index is 12.9. The van der Waals surface area contributed by atoms with E-state index in [4.69, 9.17) is 10.5 Å². The first-order chi connectivity index (χ1) is 14.8. The number of hydrogen-bond acceptors (Lipinski definition) is 5. The van der Waals surface area contributed by atoms with Gasteiger partial charge in [-0.05, 0) is 54.8 Å². The Morgan fingerprint density at radius 2 is 2.00 bits per heavy atom. The maximum atomic E-state index is 12.9. The molecule has 2 aromatic carbocycles. The monoisotopic (exact) mass is 429 g/mol. The summed E-state index contributed by atoms with van der Waals surface area (Å²) < 4.78 is 44.5. The molecule has 2 amide bonds. The van der Waals surface area contributed by atoms with Gasteiger partial charge in [0.25, 0.3) is 0 Å². The second kappa shape index (κ2) is 8.13. The number of alkyl halides is 3. The van der Waals surface area contributed by atoms with Crippen LogP contribution in [0.25, 0.3) is 0 Å². The lowest BCUT2D eigenvalue weighted by molar-refractivity contribution is -0.137. The second-order valence-electron chi connectivity index (χ2n) is 6.91. The number of urea groups is 1. The summed E-state index contributed by atoms with van der Waals surface area (Å²) in [5.74, 6) is 0.910. The number of rotatable bonds is 3. The summed E-state index contributed by atoms with van der Waals surface area (Å²) in [5.41, 5.74) is 6.36. The normalized spacial score (nSPS) is 13.5. The molecule has 0 radical (unpaired) electrons. The Kier molecular flexibility index (Phi) is 5.37. The van der Waals surface area contributed by atoms with Crippen LogP contribution in [0.3, 0.4) is 0 Å². The molecule has 10 heteroatoms. The number of fused-ring (bicyclic) bond motifs is 1. The summed E-state index contributed by atoms with van der Waals surface area (Å²) in [6.07, 6.45) is -1.57. The summed E-state index contributed by atoms with van der Waals surface area (Å²) in [4.78, 5) is 22.1. The van der Waals surface area contributed by atoms with Crippen molar-refractivity contribution in [3.63, 3.8) is 0 Å². The standard InChI is InChI=1S/C21H18F3N5O2/c22-21(23,24)14-4-1-5-15(12-14)27-20(30)29-10-2-3-13-11-16(6-7-17(13)29)31-18-8-9-26-19(25)28-18/h1,4-9,11-12H,2-3,10H2,(H,27,30)(H2,25,26,28). The fourth-order valence-electron chi connectivity index (χ4n) is 3.35. The number of ether oxygens (including phenoxy) is 1. The number of anilines is 3. The van der Waals surface area contributed by atoms with E-state index in [1.165, 1.54) is 23.2 Å². The van der Waals surface area contributed by atoms with E-state index in [0.29, 0.717) is 30.3 Å². The van der Waals surface area contributed by atoms with Gasteiger partial charge >= 0.3 is 12.2 Å². The fraction of sp³-hybridized carbons (Fsp3) is 0.190. The minimum absolute atomic E-state index is 0.0771. The van der Waals surface area contributed by atoms with Crippen LogP contribution in [0, 0.1) is 0 Å². The van der Waals surface area contributed by atoms with Gasteiger partial charge in [-0.3, -0.25) is 4.90 Å². The molecule has 3 N–H and O–H groups in total. The van der Waals surface area contributed by atoms with Crippen LogP contribution in [0.2, 0.25) is 0 Å². The number of halogens is 3. The van der Waals surface area contributed by atoms with Gasteiger partial charge in [0.2, 0.25) is 11.8 Å². The maximum Gasteiger partial charge on any atom is 0.416 e. The summed E-state index contributed by atoms with van der Waals surface area (Å²) in [6, 6.07) is 10.8. The van der Waals surface area contributed by atoms with Crippen molar-refractivity contribution >= 4 is 23.4 Å². The molecule has 0 saturated carbocycles. The largest absolute Gasteiger partial charge is 0.439 e. The third-order valence-electron chi connectivity index (χ3n) is 4.73. The van der Waals surface area contributed by atoms with Crippen molar-refractivity contribution in [1.82, 2.24) is 9.97 Å². The van der Waals surface area contributed by atoms with Crippen LogP contribution in [0.5, 0.6) is 11.6 Å². The third-order valence-corrected chi connectivity index (χ3v) is 4.73. The molecule has 2 heterocycles. The molecule has 31 heavy (non-hydrogen) atoms. The van der Waals surface area contributed by atoms with Crippen LogP contribution in [0.4, 0.5) is 35.3 Å².